The molecule has 2 rings (SSSR count). The molecule has 0 radical (unpaired) electrons. The molecule has 0 amide bonds. The van der Waals surface area contributed by atoms with Gasteiger partial charge in [-0.1, -0.05) is 24.3 Å². The summed E-state index contributed by atoms with van der Waals surface area (Å²) in [7, 11) is -3.78. The Balaban J connectivity index is 2.31. The largest absolute Gasteiger partial charge is 0.277 e. The van der Waals surface area contributed by atoms with Crippen LogP contribution in [0.1, 0.15) is 5.56 Å². The van der Waals surface area contributed by atoms with Gasteiger partial charge in [-0.25, -0.2) is 12.8 Å². The van der Waals surface area contributed by atoms with Gasteiger partial charge in [0, 0.05) is 5.75 Å². The number of nitrogens with one attached hydrogen (secondary N) is 1. The van der Waals surface area contributed by atoms with Crippen molar-refractivity contribution < 1.29 is 12.8 Å². The lowest BCUT2D eigenvalue weighted by Crippen LogP contribution is -2.14. The van der Waals surface area contributed by atoms with Crippen molar-refractivity contribution in [3.05, 3.63) is 59.9 Å². The third-order valence-corrected chi connectivity index (χ3v) is 4.62. The first-order chi connectivity index (χ1) is 9.53. The molecule has 3 nitrogen and oxygen atoms in total. The maximum atomic E-state index is 13.5. The van der Waals surface area contributed by atoms with E-state index in [2.05, 4.69) is 4.72 Å². The molecular formula is C14H14FNO2S2. The number of para-hydroxylation sites is 1. The Bertz CT molecular complexity index is 702. The van der Waals surface area contributed by atoms with Crippen molar-refractivity contribution >= 4 is 27.5 Å². The predicted molar refractivity (Wildman–Crippen MR) is 80.9 cm³/mol. The van der Waals surface area contributed by atoms with Gasteiger partial charge in [-0.3, -0.25) is 4.72 Å². The molecule has 1 N–H and O–H groups in total. The lowest BCUT2D eigenvalue weighted by atomic mass is 10.2. The topological polar surface area (TPSA) is 46.2 Å². The Morgan fingerprint density at radius 1 is 1.15 bits per heavy atom. The minimum Gasteiger partial charge on any atom is -0.277 e. The molecule has 0 aliphatic carbocycles. The number of anilines is 1. The molecule has 0 aromatic heterocycles. The number of rotatable bonds is 5. The van der Waals surface area contributed by atoms with Crippen molar-refractivity contribution in [2.45, 2.75) is 10.6 Å². The van der Waals surface area contributed by atoms with Crippen LogP contribution < -0.4 is 4.72 Å². The fourth-order valence-corrected chi connectivity index (χ4v) is 3.37. The highest BCUT2D eigenvalue weighted by Gasteiger charge is 2.16. The number of hydrogen-bond donors (Lipinski definition) is 1. The van der Waals surface area contributed by atoms with E-state index in [1.165, 1.54) is 24.3 Å². The molecule has 0 bridgehead atoms. The maximum Gasteiger partial charge on any atom is 0.261 e. The first-order valence-corrected chi connectivity index (χ1v) is 8.76. The summed E-state index contributed by atoms with van der Waals surface area (Å²) in [5.74, 6) is 0.125. The molecule has 0 spiro atoms. The van der Waals surface area contributed by atoms with Crippen LogP contribution in [0.15, 0.2) is 53.4 Å². The molecule has 20 heavy (non-hydrogen) atoms. The molecule has 0 aliphatic rings. The van der Waals surface area contributed by atoms with Crippen LogP contribution in [-0.2, 0) is 15.8 Å². The summed E-state index contributed by atoms with van der Waals surface area (Å²) in [5.41, 5.74) is 0.858. The van der Waals surface area contributed by atoms with Gasteiger partial charge in [0.1, 0.15) is 5.82 Å². The molecule has 0 unspecified atom stereocenters. The molecule has 0 fully saturated rings. The zero-order valence-corrected chi connectivity index (χ0v) is 12.5. The van der Waals surface area contributed by atoms with E-state index in [1.54, 1.807) is 30.0 Å². The van der Waals surface area contributed by atoms with Crippen molar-refractivity contribution in [3.8, 4) is 0 Å². The summed E-state index contributed by atoms with van der Waals surface area (Å²) in [6.45, 7) is 0. The highest BCUT2D eigenvalue weighted by molar-refractivity contribution is 7.97. The summed E-state index contributed by atoms with van der Waals surface area (Å²) < 4.78 is 40.2. The van der Waals surface area contributed by atoms with Gasteiger partial charge < -0.3 is 0 Å². The minimum atomic E-state index is -3.78. The van der Waals surface area contributed by atoms with Gasteiger partial charge in [-0.15, -0.1) is 0 Å². The third kappa shape index (κ3) is 3.52. The molecule has 0 saturated carbocycles. The van der Waals surface area contributed by atoms with Gasteiger partial charge in [-0.2, -0.15) is 11.8 Å². The van der Waals surface area contributed by atoms with Crippen LogP contribution in [0.3, 0.4) is 0 Å². The van der Waals surface area contributed by atoms with Gasteiger partial charge in [0.15, 0.2) is 0 Å². The van der Waals surface area contributed by atoms with E-state index in [0.29, 0.717) is 0 Å². The number of halogens is 1. The molecule has 0 aliphatic heterocycles. The number of hydrogen-bond acceptors (Lipinski definition) is 3. The fourth-order valence-electron chi connectivity index (χ4n) is 1.72. The van der Waals surface area contributed by atoms with E-state index < -0.39 is 15.8 Å². The Labute approximate surface area is 122 Å². The highest BCUT2D eigenvalue weighted by Crippen LogP contribution is 2.20. The molecule has 106 valence electrons. The van der Waals surface area contributed by atoms with Crippen molar-refractivity contribution in [1.82, 2.24) is 0 Å². The van der Waals surface area contributed by atoms with Crippen molar-refractivity contribution in [3.63, 3.8) is 0 Å². The van der Waals surface area contributed by atoms with Gasteiger partial charge in [0.05, 0.1) is 10.6 Å². The summed E-state index contributed by atoms with van der Waals surface area (Å²) in [5, 5.41) is 0. The predicted octanol–water partition coefficient (Wildman–Crippen LogP) is 3.49. The van der Waals surface area contributed by atoms with E-state index >= 15 is 0 Å². The van der Waals surface area contributed by atoms with Crippen LogP contribution in [0, 0.1) is 5.82 Å². The van der Waals surface area contributed by atoms with Crippen molar-refractivity contribution in [2.75, 3.05) is 11.0 Å². The molecule has 0 heterocycles. The second-order valence-electron chi connectivity index (χ2n) is 4.17. The zero-order chi connectivity index (χ0) is 14.6. The van der Waals surface area contributed by atoms with Crippen molar-refractivity contribution in [1.29, 1.82) is 0 Å². The number of benzene rings is 2. The van der Waals surface area contributed by atoms with E-state index in [1.807, 2.05) is 12.3 Å². The Hall–Kier alpha value is -1.53. The molecule has 2 aromatic carbocycles. The van der Waals surface area contributed by atoms with Gasteiger partial charge >= 0.3 is 0 Å². The molecule has 6 heteroatoms. The summed E-state index contributed by atoms with van der Waals surface area (Å²) in [6.07, 6.45) is 1.94. The van der Waals surface area contributed by atoms with E-state index in [4.69, 9.17) is 0 Å². The van der Waals surface area contributed by atoms with Crippen LogP contribution in [0.5, 0.6) is 0 Å². The Kier molecular flexibility index (Phi) is 4.67. The highest BCUT2D eigenvalue weighted by atomic mass is 32.2. The van der Waals surface area contributed by atoms with Crippen molar-refractivity contribution in [2.24, 2.45) is 0 Å². The molecule has 2 aromatic rings. The molecule has 0 atom stereocenters. The normalized spacial score (nSPS) is 11.3. The van der Waals surface area contributed by atoms with Crippen LogP contribution in [0.4, 0.5) is 10.1 Å². The first kappa shape index (κ1) is 14.9. The quantitative estimate of drug-likeness (QED) is 0.919. The van der Waals surface area contributed by atoms with Crippen LogP contribution >= 0.6 is 11.8 Å². The van der Waals surface area contributed by atoms with Gasteiger partial charge in [0.2, 0.25) is 0 Å². The van der Waals surface area contributed by atoms with Gasteiger partial charge in [0.25, 0.3) is 10.0 Å². The zero-order valence-electron chi connectivity index (χ0n) is 10.8. The summed E-state index contributed by atoms with van der Waals surface area (Å²) in [6, 6.07) is 12.3. The summed E-state index contributed by atoms with van der Waals surface area (Å²) in [4.78, 5) is 0.132. The second-order valence-corrected chi connectivity index (χ2v) is 6.71. The lowest BCUT2D eigenvalue weighted by Gasteiger charge is -2.09. The van der Waals surface area contributed by atoms with E-state index in [0.717, 1.165) is 11.3 Å². The molecule has 0 saturated heterocycles. The SMILES string of the molecule is CSCc1cccc(S(=O)(=O)Nc2ccccc2F)c1. The smallest absolute Gasteiger partial charge is 0.261 e. The average molecular weight is 311 g/mol. The van der Waals surface area contributed by atoms with E-state index in [9.17, 15) is 12.8 Å². The monoisotopic (exact) mass is 311 g/mol. The fraction of sp³-hybridized carbons (Fsp3) is 0.143. The number of thioether (sulfide) groups is 1. The number of sulfonamides is 1. The van der Waals surface area contributed by atoms with Crippen LogP contribution in [0.2, 0.25) is 0 Å². The standard InChI is InChI=1S/C14H14FNO2S2/c1-19-10-11-5-4-6-12(9-11)20(17,18)16-14-8-3-2-7-13(14)15/h2-9,16H,10H2,1H3. The Morgan fingerprint density at radius 3 is 2.60 bits per heavy atom. The first-order valence-electron chi connectivity index (χ1n) is 5.88. The van der Waals surface area contributed by atoms with Gasteiger partial charge in [-0.05, 0) is 36.1 Å². The third-order valence-electron chi connectivity index (χ3n) is 2.64. The summed E-state index contributed by atoms with van der Waals surface area (Å²) >= 11 is 1.61. The maximum absolute atomic E-state index is 13.5. The Morgan fingerprint density at radius 2 is 1.90 bits per heavy atom. The second kappa shape index (κ2) is 6.28. The van der Waals surface area contributed by atoms with E-state index in [-0.39, 0.29) is 10.6 Å². The van der Waals surface area contributed by atoms with Crippen LogP contribution in [-0.4, -0.2) is 14.7 Å². The lowest BCUT2D eigenvalue weighted by molar-refractivity contribution is 0.598. The van der Waals surface area contributed by atoms with Crippen LogP contribution in [0.25, 0.3) is 0 Å². The minimum absolute atomic E-state index is 0.0530. The average Bonchev–Trinajstić information content (AvgIpc) is 2.42. The molecular weight excluding hydrogens is 297 g/mol.